The molecule has 1 fully saturated rings. The Bertz CT molecular complexity index is 1210. The fraction of sp³-hybridized carbons (Fsp3) is 0.480. The summed E-state index contributed by atoms with van der Waals surface area (Å²) < 4.78 is 7.36. The van der Waals surface area contributed by atoms with Crippen molar-refractivity contribution in [2.24, 2.45) is 0 Å². The zero-order valence-corrected chi connectivity index (χ0v) is 20.6. The van der Waals surface area contributed by atoms with Crippen LogP contribution in [0, 0.1) is 0 Å². The van der Waals surface area contributed by atoms with E-state index in [1.54, 1.807) is 15.9 Å². The van der Waals surface area contributed by atoms with Crippen molar-refractivity contribution in [1.29, 1.82) is 0 Å². The third-order valence-electron chi connectivity index (χ3n) is 6.43. The Hall–Kier alpha value is -2.16. The number of morpholine rings is 1. The minimum absolute atomic E-state index is 0.0466. The van der Waals surface area contributed by atoms with Crippen LogP contribution in [0.25, 0.3) is 10.2 Å². The summed E-state index contributed by atoms with van der Waals surface area (Å²) in [5, 5.41) is 1.46. The van der Waals surface area contributed by atoms with Crippen molar-refractivity contribution >= 4 is 39.2 Å². The molecule has 1 aliphatic carbocycles. The van der Waals surface area contributed by atoms with Crippen LogP contribution in [0.5, 0.6) is 0 Å². The van der Waals surface area contributed by atoms with Crippen LogP contribution in [0.1, 0.15) is 35.8 Å². The van der Waals surface area contributed by atoms with Crippen LogP contribution in [-0.2, 0) is 35.3 Å². The number of fused-ring (bicyclic) bond motifs is 3. The van der Waals surface area contributed by atoms with Crippen molar-refractivity contribution in [2.45, 2.75) is 56.8 Å². The van der Waals surface area contributed by atoms with Crippen LogP contribution < -0.4 is 5.56 Å². The molecule has 0 saturated carbocycles. The fourth-order valence-corrected chi connectivity index (χ4v) is 6.91. The van der Waals surface area contributed by atoms with Crippen molar-refractivity contribution in [3.05, 3.63) is 56.7 Å². The highest BCUT2D eigenvalue weighted by Gasteiger charge is 2.24. The molecular formula is C25H29N3O3S2. The summed E-state index contributed by atoms with van der Waals surface area (Å²) in [4.78, 5) is 35.5. The molecule has 33 heavy (non-hydrogen) atoms. The molecule has 0 N–H and O–H groups in total. The van der Waals surface area contributed by atoms with Gasteiger partial charge in [0.05, 0.1) is 23.8 Å². The van der Waals surface area contributed by atoms with Gasteiger partial charge in [0.2, 0.25) is 5.91 Å². The monoisotopic (exact) mass is 483 g/mol. The van der Waals surface area contributed by atoms with Gasteiger partial charge < -0.3 is 9.64 Å². The lowest BCUT2D eigenvalue weighted by molar-refractivity contribution is -0.135. The maximum Gasteiger partial charge on any atom is 0.263 e. The number of ether oxygens (including phenoxy) is 1. The predicted molar refractivity (Wildman–Crippen MR) is 133 cm³/mol. The summed E-state index contributed by atoms with van der Waals surface area (Å²) in [6.45, 7) is 4.35. The first kappa shape index (κ1) is 22.6. The average Bonchev–Trinajstić information content (AvgIpc) is 3.21. The van der Waals surface area contributed by atoms with Crippen molar-refractivity contribution in [2.75, 3.05) is 25.4 Å². The van der Waals surface area contributed by atoms with Crippen LogP contribution in [0.2, 0.25) is 0 Å². The summed E-state index contributed by atoms with van der Waals surface area (Å²) in [5.74, 6) is 0.353. The molecule has 3 aromatic rings. The second kappa shape index (κ2) is 9.99. The number of carbonyl (C=O) groups is 1. The maximum atomic E-state index is 13.7. The van der Waals surface area contributed by atoms with E-state index >= 15 is 0 Å². The molecule has 0 radical (unpaired) electrons. The summed E-state index contributed by atoms with van der Waals surface area (Å²) in [6, 6.07) is 10.2. The summed E-state index contributed by atoms with van der Waals surface area (Å²) in [5.41, 5.74) is 2.44. The van der Waals surface area contributed by atoms with Gasteiger partial charge in [0.15, 0.2) is 5.16 Å². The van der Waals surface area contributed by atoms with Crippen LogP contribution >= 0.6 is 23.1 Å². The molecular weight excluding hydrogens is 454 g/mol. The number of nitrogens with zero attached hydrogens (tertiary/aromatic N) is 3. The Morgan fingerprint density at radius 2 is 2.06 bits per heavy atom. The van der Waals surface area contributed by atoms with E-state index in [0.29, 0.717) is 31.4 Å². The number of thioether (sulfide) groups is 1. The first-order valence-corrected chi connectivity index (χ1v) is 13.5. The Kier molecular flexibility index (Phi) is 6.85. The number of hydrogen-bond acceptors (Lipinski definition) is 6. The number of hydrogen-bond donors (Lipinski definition) is 0. The number of benzene rings is 1. The summed E-state index contributed by atoms with van der Waals surface area (Å²) in [7, 11) is 0. The van der Waals surface area contributed by atoms with Crippen LogP contribution in [0.15, 0.2) is 40.3 Å². The van der Waals surface area contributed by atoms with Crippen LogP contribution in [0.4, 0.5) is 0 Å². The molecule has 5 rings (SSSR count). The Morgan fingerprint density at radius 1 is 1.24 bits per heavy atom. The van der Waals surface area contributed by atoms with Gasteiger partial charge in [-0.1, -0.05) is 42.1 Å². The maximum absolute atomic E-state index is 13.7. The van der Waals surface area contributed by atoms with E-state index in [1.807, 2.05) is 30.0 Å². The van der Waals surface area contributed by atoms with Gasteiger partial charge in [0.25, 0.3) is 5.56 Å². The third-order valence-corrected chi connectivity index (χ3v) is 8.57. The molecule has 1 aliphatic heterocycles. The van der Waals surface area contributed by atoms with Gasteiger partial charge in [-0.05, 0) is 50.2 Å². The van der Waals surface area contributed by atoms with Crippen LogP contribution in [-0.4, -0.2) is 51.9 Å². The molecule has 8 heteroatoms. The molecule has 2 aliphatic rings. The molecule has 0 spiro atoms. The molecule has 6 nitrogen and oxygen atoms in total. The van der Waals surface area contributed by atoms with Gasteiger partial charge in [-0.2, -0.15) is 0 Å². The predicted octanol–water partition coefficient (Wildman–Crippen LogP) is 3.92. The molecule has 1 unspecified atom stereocenters. The quantitative estimate of drug-likeness (QED) is 0.393. The molecule has 3 heterocycles. The lowest BCUT2D eigenvalue weighted by Gasteiger charge is -2.31. The lowest BCUT2D eigenvalue weighted by atomic mass is 9.97. The SMILES string of the molecule is CC1CN(C(=O)CSc2nc3sc4c(c3c(=O)n2CCc2ccccc2)CCCC4)CCO1. The van der Waals surface area contributed by atoms with E-state index in [4.69, 9.17) is 9.72 Å². The molecule has 1 saturated heterocycles. The van der Waals surface area contributed by atoms with Crippen molar-refractivity contribution < 1.29 is 9.53 Å². The number of rotatable bonds is 6. The molecule has 1 atom stereocenters. The van der Waals surface area contributed by atoms with Crippen molar-refractivity contribution in [1.82, 2.24) is 14.5 Å². The number of aryl methyl sites for hydroxylation is 3. The second-order valence-electron chi connectivity index (χ2n) is 8.79. The van der Waals surface area contributed by atoms with Crippen molar-refractivity contribution in [3.8, 4) is 0 Å². The zero-order valence-electron chi connectivity index (χ0n) is 18.9. The van der Waals surface area contributed by atoms with E-state index in [1.165, 1.54) is 34.2 Å². The Balaban J connectivity index is 1.44. The minimum Gasteiger partial charge on any atom is -0.375 e. The highest BCUT2D eigenvalue weighted by Crippen LogP contribution is 2.34. The standard InChI is InChI=1S/C25H29N3O3S2/c1-17-15-27(13-14-31-17)21(29)16-32-25-26-23-22(19-9-5-6-10-20(19)33-23)24(30)28(25)12-11-18-7-3-2-4-8-18/h2-4,7-8,17H,5-6,9-16H2,1H3. The Labute approximate surface area is 202 Å². The molecule has 174 valence electrons. The van der Waals surface area contributed by atoms with Crippen LogP contribution in [0.3, 0.4) is 0 Å². The summed E-state index contributed by atoms with van der Waals surface area (Å²) >= 11 is 3.05. The highest BCUT2D eigenvalue weighted by molar-refractivity contribution is 7.99. The Morgan fingerprint density at radius 3 is 2.88 bits per heavy atom. The third kappa shape index (κ3) is 4.88. The van der Waals surface area contributed by atoms with Gasteiger partial charge in [-0.3, -0.25) is 14.2 Å². The van der Waals surface area contributed by atoms with Gasteiger partial charge in [-0.25, -0.2) is 4.98 Å². The molecule has 0 bridgehead atoms. The van der Waals surface area contributed by atoms with E-state index in [-0.39, 0.29) is 23.3 Å². The normalized spacial score (nSPS) is 18.5. The average molecular weight is 484 g/mol. The fourth-order valence-electron chi connectivity index (χ4n) is 4.68. The largest absolute Gasteiger partial charge is 0.375 e. The summed E-state index contributed by atoms with van der Waals surface area (Å²) in [6.07, 6.45) is 5.12. The van der Waals surface area contributed by atoms with E-state index in [0.717, 1.165) is 35.9 Å². The molecule has 2 aromatic heterocycles. The first-order chi connectivity index (χ1) is 16.1. The highest BCUT2D eigenvalue weighted by atomic mass is 32.2. The number of thiophene rings is 1. The lowest BCUT2D eigenvalue weighted by Crippen LogP contribution is -2.45. The minimum atomic E-state index is 0.0466. The topological polar surface area (TPSA) is 64.4 Å². The first-order valence-electron chi connectivity index (χ1n) is 11.7. The number of aromatic nitrogens is 2. The van der Waals surface area contributed by atoms with E-state index < -0.39 is 0 Å². The van der Waals surface area contributed by atoms with Gasteiger partial charge >= 0.3 is 0 Å². The smallest absolute Gasteiger partial charge is 0.263 e. The second-order valence-corrected chi connectivity index (χ2v) is 10.8. The zero-order chi connectivity index (χ0) is 22.8. The van der Waals surface area contributed by atoms with Crippen molar-refractivity contribution in [3.63, 3.8) is 0 Å². The van der Waals surface area contributed by atoms with E-state index in [2.05, 4.69) is 12.1 Å². The molecule has 1 aromatic carbocycles. The van der Waals surface area contributed by atoms with E-state index in [9.17, 15) is 9.59 Å². The van der Waals surface area contributed by atoms with Gasteiger partial charge in [0.1, 0.15) is 4.83 Å². The van der Waals surface area contributed by atoms with Gasteiger partial charge in [0, 0.05) is 24.5 Å². The van der Waals surface area contributed by atoms with Gasteiger partial charge in [-0.15, -0.1) is 11.3 Å². The number of carbonyl (C=O) groups excluding carboxylic acids is 1. The number of amides is 1. The molecule has 1 amide bonds.